The third-order valence-corrected chi connectivity index (χ3v) is 7.71. The van der Waals surface area contributed by atoms with E-state index in [0.29, 0.717) is 12.2 Å². The highest BCUT2D eigenvalue weighted by atomic mass is 16.5. The summed E-state index contributed by atoms with van der Waals surface area (Å²) in [6, 6.07) is -1.05. The van der Waals surface area contributed by atoms with E-state index in [9.17, 15) is 14.4 Å². The lowest BCUT2D eigenvalue weighted by atomic mass is 9.84. The summed E-state index contributed by atoms with van der Waals surface area (Å²) in [7, 11) is 5.42. The molecule has 4 atom stereocenters. The van der Waals surface area contributed by atoms with Crippen LogP contribution in [0.25, 0.3) is 0 Å². The maximum absolute atomic E-state index is 13.8. The Morgan fingerprint density at radius 3 is 2.33 bits per heavy atom. The van der Waals surface area contributed by atoms with Crippen molar-refractivity contribution in [1.29, 1.82) is 0 Å². The summed E-state index contributed by atoms with van der Waals surface area (Å²) in [6.45, 7) is 14.0. The maximum atomic E-state index is 13.8. The molecule has 1 N–H and O–H groups in total. The van der Waals surface area contributed by atoms with Gasteiger partial charge in [-0.05, 0) is 57.5 Å². The van der Waals surface area contributed by atoms with Crippen molar-refractivity contribution in [2.75, 3.05) is 40.9 Å². The molecule has 0 spiro atoms. The van der Waals surface area contributed by atoms with Crippen molar-refractivity contribution < 1.29 is 19.1 Å². The van der Waals surface area contributed by atoms with E-state index >= 15 is 0 Å². The molecule has 2 rings (SSSR count). The van der Waals surface area contributed by atoms with Crippen LogP contribution in [0.4, 0.5) is 0 Å². The fourth-order valence-corrected chi connectivity index (χ4v) is 5.42. The van der Waals surface area contributed by atoms with Gasteiger partial charge in [0.25, 0.3) is 0 Å². The fourth-order valence-electron chi connectivity index (χ4n) is 5.42. The third-order valence-electron chi connectivity index (χ3n) is 7.71. The van der Waals surface area contributed by atoms with Gasteiger partial charge in [-0.25, -0.2) is 0 Å². The Bertz CT molecular complexity index is 804. The fraction of sp³-hybridized carbons (Fsp3) is 0.821. The van der Waals surface area contributed by atoms with Crippen molar-refractivity contribution >= 4 is 17.7 Å². The van der Waals surface area contributed by atoms with Crippen molar-refractivity contribution in [3.05, 3.63) is 11.6 Å². The Labute approximate surface area is 218 Å². The second-order valence-electron chi connectivity index (χ2n) is 12.1. The standard InChI is InChI=1S/C28H50N4O4/c1-19(2)23(17-20(3)26(34)32-16-12-13-21(32)18-36-9)31(8)27(35)24(28(4,5)6)29-25(33)22-14-10-11-15-30(22)7/h17,19,21-24H,10-16,18H2,1-9H3,(H,29,33)/b20-17+/t21?,22?,23-,24?/m1/s1. The number of nitrogens with one attached hydrogen (secondary N) is 1. The molecule has 0 aromatic rings. The van der Waals surface area contributed by atoms with E-state index in [-0.39, 0.29) is 41.8 Å². The molecular formula is C28H50N4O4. The first kappa shape index (κ1) is 30.3. The van der Waals surface area contributed by atoms with E-state index < -0.39 is 11.5 Å². The number of rotatable bonds is 9. The minimum absolute atomic E-state index is 0.00191. The molecule has 3 amide bonds. The number of hydrogen-bond acceptors (Lipinski definition) is 5. The van der Waals surface area contributed by atoms with E-state index in [0.717, 1.165) is 45.2 Å². The highest BCUT2D eigenvalue weighted by Crippen LogP contribution is 2.26. The summed E-state index contributed by atoms with van der Waals surface area (Å²) in [5.74, 6) is -0.124. The Balaban J connectivity index is 2.22. The van der Waals surface area contributed by atoms with Crippen LogP contribution in [0.2, 0.25) is 0 Å². The number of ether oxygens (including phenoxy) is 1. The van der Waals surface area contributed by atoms with Gasteiger partial charge in [0.05, 0.1) is 24.7 Å². The quantitative estimate of drug-likeness (QED) is 0.486. The van der Waals surface area contributed by atoms with Crippen molar-refractivity contribution in [1.82, 2.24) is 20.0 Å². The zero-order valence-electron chi connectivity index (χ0n) is 24.1. The predicted octanol–water partition coefficient (Wildman–Crippen LogP) is 3.07. The number of carbonyl (C=O) groups is 3. The van der Waals surface area contributed by atoms with Crippen molar-refractivity contribution in [2.45, 2.75) is 97.8 Å². The van der Waals surface area contributed by atoms with Gasteiger partial charge in [-0.3, -0.25) is 19.3 Å². The predicted molar refractivity (Wildman–Crippen MR) is 143 cm³/mol. The second-order valence-corrected chi connectivity index (χ2v) is 12.1. The Morgan fingerprint density at radius 1 is 1.11 bits per heavy atom. The van der Waals surface area contributed by atoms with Gasteiger partial charge in [0, 0.05) is 26.3 Å². The molecule has 8 heteroatoms. The summed E-state index contributed by atoms with van der Waals surface area (Å²) >= 11 is 0. The van der Waals surface area contributed by atoms with Gasteiger partial charge < -0.3 is 19.9 Å². The van der Waals surface area contributed by atoms with E-state index in [1.807, 2.05) is 59.6 Å². The van der Waals surface area contributed by atoms with Crippen LogP contribution in [0.15, 0.2) is 11.6 Å². The zero-order chi connectivity index (χ0) is 27.2. The average Bonchev–Trinajstić information content (AvgIpc) is 3.27. The number of piperidine rings is 1. The van der Waals surface area contributed by atoms with Crippen LogP contribution in [0.5, 0.6) is 0 Å². The Morgan fingerprint density at radius 2 is 1.78 bits per heavy atom. The molecule has 2 fully saturated rings. The van der Waals surface area contributed by atoms with Gasteiger partial charge in [0.15, 0.2) is 0 Å². The number of carbonyl (C=O) groups excluding carboxylic acids is 3. The van der Waals surface area contributed by atoms with Gasteiger partial charge in [-0.2, -0.15) is 0 Å². The summed E-state index contributed by atoms with van der Waals surface area (Å²) in [4.78, 5) is 46.0. The molecule has 2 aliphatic rings. The highest BCUT2D eigenvalue weighted by molar-refractivity contribution is 5.94. The lowest BCUT2D eigenvalue weighted by molar-refractivity contribution is -0.141. The molecule has 0 saturated carbocycles. The van der Waals surface area contributed by atoms with E-state index in [1.54, 1.807) is 19.1 Å². The van der Waals surface area contributed by atoms with Gasteiger partial charge >= 0.3 is 0 Å². The minimum atomic E-state index is -0.666. The topological polar surface area (TPSA) is 82.2 Å². The molecular weight excluding hydrogens is 456 g/mol. The number of amides is 3. The van der Waals surface area contributed by atoms with Crippen LogP contribution in [0.1, 0.15) is 73.6 Å². The molecule has 0 aromatic heterocycles. The van der Waals surface area contributed by atoms with E-state index in [1.165, 1.54) is 0 Å². The first-order chi connectivity index (χ1) is 16.8. The highest BCUT2D eigenvalue weighted by Gasteiger charge is 2.39. The van der Waals surface area contributed by atoms with Crippen molar-refractivity contribution in [2.24, 2.45) is 11.3 Å². The normalized spacial score (nSPS) is 23.5. The number of nitrogens with zero attached hydrogens (tertiary/aromatic N) is 3. The molecule has 3 unspecified atom stereocenters. The van der Waals surface area contributed by atoms with Crippen LogP contribution < -0.4 is 5.32 Å². The van der Waals surface area contributed by atoms with Crippen LogP contribution in [-0.4, -0.2) is 97.5 Å². The van der Waals surface area contributed by atoms with Crippen LogP contribution in [0, 0.1) is 11.3 Å². The van der Waals surface area contributed by atoms with Crippen LogP contribution >= 0.6 is 0 Å². The number of methoxy groups -OCH3 is 1. The average molecular weight is 507 g/mol. The first-order valence-electron chi connectivity index (χ1n) is 13.5. The molecule has 2 saturated heterocycles. The summed E-state index contributed by atoms with van der Waals surface area (Å²) in [6.07, 6.45) is 6.76. The molecule has 0 bridgehead atoms. The molecule has 2 heterocycles. The first-order valence-corrected chi connectivity index (χ1v) is 13.5. The van der Waals surface area contributed by atoms with Crippen molar-refractivity contribution in [3.63, 3.8) is 0 Å². The number of likely N-dealkylation sites (N-methyl/N-ethyl adjacent to an activating group) is 2. The molecule has 206 valence electrons. The lowest BCUT2D eigenvalue weighted by Crippen LogP contribution is -2.59. The molecule has 2 aliphatic heterocycles. The number of likely N-dealkylation sites (tertiary alicyclic amines) is 2. The zero-order valence-corrected chi connectivity index (χ0v) is 24.1. The number of hydrogen-bond donors (Lipinski definition) is 1. The Hall–Kier alpha value is -1.93. The molecule has 36 heavy (non-hydrogen) atoms. The largest absolute Gasteiger partial charge is 0.383 e. The summed E-state index contributed by atoms with van der Waals surface area (Å²) in [5.41, 5.74) is 0.171. The van der Waals surface area contributed by atoms with Crippen molar-refractivity contribution in [3.8, 4) is 0 Å². The van der Waals surface area contributed by atoms with Gasteiger partial charge in [0.1, 0.15) is 6.04 Å². The minimum Gasteiger partial charge on any atom is -0.383 e. The lowest BCUT2D eigenvalue weighted by Gasteiger charge is -2.39. The Kier molecular flexibility index (Phi) is 11.0. The molecule has 0 aliphatic carbocycles. The summed E-state index contributed by atoms with van der Waals surface area (Å²) in [5, 5.41) is 3.09. The van der Waals surface area contributed by atoms with E-state index in [4.69, 9.17) is 4.74 Å². The van der Waals surface area contributed by atoms with Crippen LogP contribution in [0.3, 0.4) is 0 Å². The van der Waals surface area contributed by atoms with Gasteiger partial charge in [-0.1, -0.05) is 47.1 Å². The molecule has 0 radical (unpaired) electrons. The molecule has 8 nitrogen and oxygen atoms in total. The van der Waals surface area contributed by atoms with Gasteiger partial charge in [-0.15, -0.1) is 0 Å². The third kappa shape index (κ3) is 7.54. The molecule has 0 aromatic carbocycles. The SMILES string of the molecule is COCC1CCCN1C(=O)/C(C)=C/[C@H](C(C)C)N(C)C(=O)C(NC(=O)C1CCCCN1C)C(C)(C)C. The monoisotopic (exact) mass is 506 g/mol. The van der Waals surface area contributed by atoms with Crippen LogP contribution in [-0.2, 0) is 19.1 Å². The second kappa shape index (κ2) is 13.0. The summed E-state index contributed by atoms with van der Waals surface area (Å²) < 4.78 is 5.31. The van der Waals surface area contributed by atoms with E-state index in [2.05, 4.69) is 10.2 Å². The maximum Gasteiger partial charge on any atom is 0.249 e. The van der Waals surface area contributed by atoms with Gasteiger partial charge in [0.2, 0.25) is 17.7 Å². The smallest absolute Gasteiger partial charge is 0.249 e.